The van der Waals surface area contributed by atoms with E-state index in [4.69, 9.17) is 0 Å². The first kappa shape index (κ1) is 19.9. The third-order valence-corrected chi connectivity index (χ3v) is 6.09. The molecule has 2 aliphatic rings. The third kappa shape index (κ3) is 3.49. The van der Waals surface area contributed by atoms with Crippen LogP contribution in [0.4, 0.5) is 11.4 Å². The van der Waals surface area contributed by atoms with E-state index in [1.54, 1.807) is 23.9 Å². The number of nitrogens with zero attached hydrogens (tertiary/aromatic N) is 3. The summed E-state index contributed by atoms with van der Waals surface area (Å²) in [6.45, 7) is 3.22. The lowest BCUT2D eigenvalue weighted by Gasteiger charge is -2.24. The largest absolute Gasteiger partial charge is 1.00 e. The van der Waals surface area contributed by atoms with Crippen molar-refractivity contribution in [3.05, 3.63) is 69.8 Å². The standard InChI is InChI=1S/C19H20N3O3S.BrH/c1-14-4-2-5-17(12-14)20-13-19(23,21-10-3-11-26-18(20)21)15-6-8-16(9-7-15)22(24)25;/h2,4-9,12,23H,3,10-11,13H2,1H3;1H/q+1;/p-1. The second-order valence-corrected chi connectivity index (χ2v) is 7.74. The predicted molar refractivity (Wildman–Crippen MR) is 103 cm³/mol. The first-order valence-corrected chi connectivity index (χ1v) is 9.56. The molecule has 1 atom stereocenters. The maximum Gasteiger partial charge on any atom is 0.316 e. The van der Waals surface area contributed by atoms with E-state index in [1.165, 1.54) is 17.7 Å². The molecule has 6 nitrogen and oxygen atoms in total. The van der Waals surface area contributed by atoms with Gasteiger partial charge in [0, 0.05) is 23.4 Å². The second-order valence-electron chi connectivity index (χ2n) is 6.68. The molecule has 0 aliphatic carbocycles. The van der Waals surface area contributed by atoms with Crippen LogP contribution in [0.15, 0.2) is 48.5 Å². The van der Waals surface area contributed by atoms with E-state index in [-0.39, 0.29) is 22.7 Å². The van der Waals surface area contributed by atoms with Crippen LogP contribution in [0.1, 0.15) is 17.5 Å². The van der Waals surface area contributed by atoms with Crippen molar-refractivity contribution in [1.29, 1.82) is 0 Å². The summed E-state index contributed by atoms with van der Waals surface area (Å²) in [7, 11) is 0. The Bertz CT molecular complexity index is 903. The van der Waals surface area contributed by atoms with Gasteiger partial charge in [-0.3, -0.25) is 10.1 Å². The van der Waals surface area contributed by atoms with Crippen LogP contribution in [0.3, 0.4) is 0 Å². The highest BCUT2D eigenvalue weighted by atomic mass is 79.9. The summed E-state index contributed by atoms with van der Waals surface area (Å²) in [4.78, 5) is 12.7. The summed E-state index contributed by atoms with van der Waals surface area (Å²) >= 11 is 1.75. The zero-order valence-electron chi connectivity index (χ0n) is 14.8. The smallest absolute Gasteiger partial charge is 0.316 e. The van der Waals surface area contributed by atoms with Gasteiger partial charge in [0.2, 0.25) is 0 Å². The number of hydrogen-bond acceptors (Lipinski definition) is 5. The summed E-state index contributed by atoms with van der Waals surface area (Å²) in [6.07, 6.45) is 0.991. The van der Waals surface area contributed by atoms with Gasteiger partial charge in [-0.15, -0.1) is 0 Å². The Morgan fingerprint density at radius 1 is 1.26 bits per heavy atom. The topological polar surface area (TPSA) is 69.6 Å². The predicted octanol–water partition coefficient (Wildman–Crippen LogP) is 0.0779. The summed E-state index contributed by atoms with van der Waals surface area (Å²) < 4.78 is 2.03. The molecule has 0 fully saturated rings. The molecule has 0 saturated heterocycles. The Kier molecular flexibility index (Phi) is 5.60. The summed E-state index contributed by atoms with van der Waals surface area (Å²) in [5.74, 6) is 1.02. The molecule has 142 valence electrons. The monoisotopic (exact) mass is 449 g/mol. The van der Waals surface area contributed by atoms with Gasteiger partial charge in [-0.1, -0.05) is 12.1 Å². The van der Waals surface area contributed by atoms with Crippen molar-refractivity contribution >= 4 is 28.3 Å². The van der Waals surface area contributed by atoms with E-state index in [0.717, 1.165) is 29.6 Å². The molecule has 27 heavy (non-hydrogen) atoms. The molecular formula is C19H20BrN3O3S. The van der Waals surface area contributed by atoms with Gasteiger partial charge >= 0.3 is 5.17 Å². The number of β-amino-alcohol motifs (C(OH)–C–C–N with tert-alkyl or cyclic N) is 1. The van der Waals surface area contributed by atoms with Crippen LogP contribution in [0.25, 0.3) is 0 Å². The first-order valence-electron chi connectivity index (χ1n) is 8.58. The maximum absolute atomic E-state index is 11.6. The number of non-ortho nitro benzene ring substituents is 1. The van der Waals surface area contributed by atoms with Crippen molar-refractivity contribution in [1.82, 2.24) is 0 Å². The molecule has 8 heteroatoms. The molecule has 2 aliphatic heterocycles. The van der Waals surface area contributed by atoms with Crippen LogP contribution >= 0.6 is 11.8 Å². The van der Waals surface area contributed by atoms with Crippen LogP contribution in [0.2, 0.25) is 0 Å². The van der Waals surface area contributed by atoms with E-state index in [9.17, 15) is 15.2 Å². The molecular weight excluding hydrogens is 430 g/mol. The molecule has 1 N–H and O–H groups in total. The molecule has 0 radical (unpaired) electrons. The lowest BCUT2D eigenvalue weighted by Crippen LogP contribution is -3.00. The number of nitro benzene ring substituents is 1. The summed E-state index contributed by atoms with van der Waals surface area (Å²) in [6, 6.07) is 14.5. The van der Waals surface area contributed by atoms with Crippen molar-refractivity contribution in [3.8, 4) is 0 Å². The number of thioether (sulfide) groups is 1. The molecule has 4 rings (SSSR count). The average molecular weight is 450 g/mol. The average Bonchev–Trinajstić information content (AvgIpc) is 2.96. The number of nitro groups is 1. The lowest BCUT2D eigenvalue weighted by atomic mass is 10.0. The highest BCUT2D eigenvalue weighted by Crippen LogP contribution is 2.38. The minimum Gasteiger partial charge on any atom is -1.00 e. The molecule has 0 aromatic heterocycles. The highest BCUT2D eigenvalue weighted by molar-refractivity contribution is 8.13. The Morgan fingerprint density at radius 3 is 2.67 bits per heavy atom. The van der Waals surface area contributed by atoms with Crippen LogP contribution in [0, 0.1) is 17.0 Å². The molecule has 0 spiro atoms. The molecule has 0 amide bonds. The minimum atomic E-state index is -1.19. The number of anilines is 1. The van der Waals surface area contributed by atoms with Crippen molar-refractivity contribution < 1.29 is 31.6 Å². The van der Waals surface area contributed by atoms with E-state index < -0.39 is 10.6 Å². The van der Waals surface area contributed by atoms with E-state index in [0.29, 0.717) is 12.1 Å². The van der Waals surface area contributed by atoms with E-state index in [1.807, 2.05) is 10.6 Å². The summed E-state index contributed by atoms with van der Waals surface area (Å²) in [5.41, 5.74) is 1.74. The zero-order chi connectivity index (χ0) is 18.3. The van der Waals surface area contributed by atoms with E-state index in [2.05, 4.69) is 30.0 Å². The number of rotatable bonds is 3. The fourth-order valence-corrected chi connectivity index (χ4v) is 4.77. The third-order valence-electron chi connectivity index (χ3n) is 4.90. The van der Waals surface area contributed by atoms with Crippen molar-refractivity contribution in [2.75, 3.05) is 23.7 Å². The van der Waals surface area contributed by atoms with Crippen molar-refractivity contribution in [3.63, 3.8) is 0 Å². The Hall–Kier alpha value is -1.90. The number of aliphatic hydroxyl groups is 1. The van der Waals surface area contributed by atoms with Crippen molar-refractivity contribution in [2.45, 2.75) is 19.1 Å². The first-order chi connectivity index (χ1) is 12.5. The molecule has 1 unspecified atom stereocenters. The maximum atomic E-state index is 11.6. The van der Waals surface area contributed by atoms with Gasteiger partial charge in [0.25, 0.3) is 11.4 Å². The fraction of sp³-hybridized carbons (Fsp3) is 0.316. The minimum absolute atomic E-state index is 0. The van der Waals surface area contributed by atoms with E-state index >= 15 is 0 Å². The van der Waals surface area contributed by atoms with Gasteiger partial charge < -0.3 is 22.1 Å². The van der Waals surface area contributed by atoms with Crippen LogP contribution in [-0.2, 0) is 5.72 Å². The molecule has 0 bridgehead atoms. The molecule has 2 heterocycles. The van der Waals surface area contributed by atoms with Crippen LogP contribution in [0.5, 0.6) is 0 Å². The highest BCUT2D eigenvalue weighted by Gasteiger charge is 2.53. The van der Waals surface area contributed by atoms with Crippen LogP contribution in [-0.4, -0.2) is 38.6 Å². The fourth-order valence-electron chi connectivity index (χ4n) is 3.59. The lowest BCUT2D eigenvalue weighted by molar-refractivity contribution is -0.656. The SMILES string of the molecule is Cc1cccc(N2CC(O)(c3ccc([N+](=O)[O-])cc3)[N+]3=C2SCCC3)c1.[Br-]. The van der Waals surface area contributed by atoms with Crippen LogP contribution < -0.4 is 21.9 Å². The van der Waals surface area contributed by atoms with Gasteiger partial charge in [0.15, 0.2) is 6.54 Å². The number of benzene rings is 2. The molecule has 2 aromatic rings. The molecule has 2 aromatic carbocycles. The molecule has 0 saturated carbocycles. The Balaban J connectivity index is 0.00000210. The van der Waals surface area contributed by atoms with Gasteiger partial charge in [-0.05, 0) is 54.9 Å². The van der Waals surface area contributed by atoms with Gasteiger partial charge in [0.1, 0.15) is 5.69 Å². The number of halogens is 1. The second kappa shape index (κ2) is 7.61. The number of hydrogen-bond donors (Lipinski definition) is 1. The quantitative estimate of drug-likeness (QED) is 0.408. The van der Waals surface area contributed by atoms with Gasteiger partial charge in [-0.2, -0.15) is 0 Å². The number of amidine groups is 1. The Labute approximate surface area is 172 Å². The number of aryl methyl sites for hydroxylation is 1. The normalized spacial score (nSPS) is 21.6. The van der Waals surface area contributed by atoms with Gasteiger partial charge in [0.05, 0.1) is 11.5 Å². The van der Waals surface area contributed by atoms with Gasteiger partial charge in [-0.25, -0.2) is 9.48 Å². The Morgan fingerprint density at radius 2 is 2.00 bits per heavy atom. The van der Waals surface area contributed by atoms with Crippen molar-refractivity contribution in [2.24, 2.45) is 0 Å². The summed E-state index contributed by atoms with van der Waals surface area (Å²) in [5, 5.41) is 23.5. The zero-order valence-corrected chi connectivity index (χ0v) is 17.2.